The third-order valence-electron chi connectivity index (χ3n) is 5.71. The van der Waals surface area contributed by atoms with Crippen LogP contribution in [-0.2, 0) is 16.1 Å². The van der Waals surface area contributed by atoms with Gasteiger partial charge in [-0.15, -0.1) is 0 Å². The van der Waals surface area contributed by atoms with E-state index >= 15 is 0 Å². The molecule has 0 atom stereocenters. The second kappa shape index (κ2) is 9.73. The minimum absolute atomic E-state index is 0.252. The molecule has 0 saturated carbocycles. The summed E-state index contributed by atoms with van der Waals surface area (Å²) in [6.45, 7) is 8.25. The number of aryl methyl sites for hydroxylation is 2. The van der Waals surface area contributed by atoms with Crippen molar-refractivity contribution in [3.05, 3.63) is 93.1 Å². The smallest absolute Gasteiger partial charge is 0.338 e. The van der Waals surface area contributed by atoms with Gasteiger partial charge in [0.2, 0.25) is 0 Å². The number of esters is 1. The van der Waals surface area contributed by atoms with Gasteiger partial charge in [0.15, 0.2) is 0 Å². The maximum Gasteiger partial charge on any atom is 0.338 e. The van der Waals surface area contributed by atoms with Crippen LogP contribution in [0.5, 0.6) is 0 Å². The minimum atomic E-state index is -0.366. The van der Waals surface area contributed by atoms with E-state index in [0.717, 1.165) is 45.5 Å². The predicted octanol–water partition coefficient (Wildman–Crippen LogP) is 5.82. The molecule has 0 aliphatic carbocycles. The number of hydrogen-bond acceptors (Lipinski definition) is 5. The Bertz CT molecular complexity index is 1300. The summed E-state index contributed by atoms with van der Waals surface area (Å²) in [6, 6.07) is 17.0. The highest BCUT2D eigenvalue weighted by molar-refractivity contribution is 8.18. The van der Waals surface area contributed by atoms with E-state index in [2.05, 4.69) is 0 Å². The molecule has 4 rings (SSSR count). The Balaban J connectivity index is 1.61. The number of aromatic nitrogens is 1. The number of thioether (sulfide) groups is 1. The van der Waals surface area contributed by atoms with E-state index in [-0.39, 0.29) is 23.7 Å². The quantitative estimate of drug-likeness (QED) is 0.333. The maximum absolute atomic E-state index is 13.0. The van der Waals surface area contributed by atoms with Gasteiger partial charge in [-0.3, -0.25) is 14.5 Å². The van der Waals surface area contributed by atoms with E-state index in [1.807, 2.05) is 67.8 Å². The van der Waals surface area contributed by atoms with Gasteiger partial charge in [0.25, 0.3) is 11.1 Å². The molecule has 0 unspecified atom stereocenters. The predicted molar refractivity (Wildman–Crippen MR) is 134 cm³/mol. The first kappa shape index (κ1) is 23.6. The van der Waals surface area contributed by atoms with Gasteiger partial charge in [0.1, 0.15) is 0 Å². The van der Waals surface area contributed by atoms with Crippen molar-refractivity contribution in [2.75, 3.05) is 6.61 Å². The molecule has 2 amide bonds. The van der Waals surface area contributed by atoms with Crippen LogP contribution in [0.1, 0.15) is 45.4 Å². The van der Waals surface area contributed by atoms with Gasteiger partial charge in [-0.25, -0.2) is 4.79 Å². The Hall–Kier alpha value is -3.58. The van der Waals surface area contributed by atoms with Crippen molar-refractivity contribution in [2.45, 2.75) is 34.2 Å². The lowest BCUT2D eigenvalue weighted by molar-refractivity contribution is -0.123. The van der Waals surface area contributed by atoms with Gasteiger partial charge < -0.3 is 9.30 Å². The van der Waals surface area contributed by atoms with Crippen molar-refractivity contribution in [1.82, 2.24) is 9.47 Å². The summed E-state index contributed by atoms with van der Waals surface area (Å²) >= 11 is 0.959. The first-order valence-electron chi connectivity index (χ1n) is 11.1. The van der Waals surface area contributed by atoms with Crippen molar-refractivity contribution in [3.63, 3.8) is 0 Å². The van der Waals surface area contributed by atoms with E-state index in [0.29, 0.717) is 17.1 Å². The van der Waals surface area contributed by atoms with Gasteiger partial charge in [-0.1, -0.05) is 35.9 Å². The summed E-state index contributed by atoms with van der Waals surface area (Å²) in [4.78, 5) is 39.4. The summed E-state index contributed by atoms with van der Waals surface area (Å²) in [5.41, 5.74) is 6.04. The summed E-state index contributed by atoms with van der Waals surface area (Å²) < 4.78 is 7.14. The molecule has 2 heterocycles. The van der Waals surface area contributed by atoms with E-state index in [9.17, 15) is 14.4 Å². The van der Waals surface area contributed by atoms with Crippen LogP contribution in [0.3, 0.4) is 0 Å². The van der Waals surface area contributed by atoms with Crippen molar-refractivity contribution in [2.24, 2.45) is 0 Å². The minimum Gasteiger partial charge on any atom is -0.462 e. The molecule has 0 N–H and O–H groups in total. The van der Waals surface area contributed by atoms with Crippen LogP contribution in [0.15, 0.2) is 59.5 Å². The van der Waals surface area contributed by atoms with Crippen LogP contribution in [0.25, 0.3) is 11.8 Å². The van der Waals surface area contributed by atoms with Crippen molar-refractivity contribution >= 4 is 35.0 Å². The van der Waals surface area contributed by atoms with Gasteiger partial charge in [0.05, 0.1) is 23.6 Å². The summed E-state index contributed by atoms with van der Waals surface area (Å²) in [5.74, 6) is -0.654. The number of carbonyl (C=O) groups is 3. The largest absolute Gasteiger partial charge is 0.462 e. The monoisotopic (exact) mass is 474 g/mol. The molecule has 1 aliphatic rings. The van der Waals surface area contributed by atoms with Gasteiger partial charge in [-0.05, 0) is 80.9 Å². The number of rotatable bonds is 6. The van der Waals surface area contributed by atoms with Gasteiger partial charge in [-0.2, -0.15) is 0 Å². The molecule has 1 aromatic heterocycles. The molecular formula is C27H26N2O4S. The SMILES string of the molecule is CCOC(=O)c1cccc(-n2c(C)cc(/C=C3\SC(=O)N(Cc4ccc(C)cc4)C3=O)c2C)c1. The van der Waals surface area contributed by atoms with Crippen LogP contribution in [0, 0.1) is 20.8 Å². The van der Waals surface area contributed by atoms with E-state index < -0.39 is 0 Å². The van der Waals surface area contributed by atoms with Crippen LogP contribution >= 0.6 is 11.8 Å². The second-order valence-corrected chi connectivity index (χ2v) is 9.18. The summed E-state index contributed by atoms with van der Waals surface area (Å²) in [7, 11) is 0. The Labute approximate surface area is 203 Å². The zero-order valence-corrected chi connectivity index (χ0v) is 20.4. The molecule has 34 heavy (non-hydrogen) atoms. The molecule has 3 aromatic rings. The lowest BCUT2D eigenvalue weighted by Gasteiger charge is -2.12. The number of ether oxygens (including phenoxy) is 1. The first-order valence-corrected chi connectivity index (χ1v) is 11.9. The number of carbonyl (C=O) groups excluding carboxylic acids is 3. The molecule has 7 heteroatoms. The molecule has 0 radical (unpaired) electrons. The zero-order chi connectivity index (χ0) is 24.4. The van der Waals surface area contributed by atoms with Crippen molar-refractivity contribution in [1.29, 1.82) is 0 Å². The lowest BCUT2D eigenvalue weighted by atomic mass is 10.1. The van der Waals surface area contributed by atoms with E-state index in [4.69, 9.17) is 4.74 Å². The fraction of sp³-hybridized carbons (Fsp3) is 0.222. The molecule has 0 bridgehead atoms. The summed E-state index contributed by atoms with van der Waals surface area (Å²) in [5, 5.41) is -0.271. The highest BCUT2D eigenvalue weighted by atomic mass is 32.2. The average molecular weight is 475 g/mol. The van der Waals surface area contributed by atoms with E-state index in [1.165, 1.54) is 4.90 Å². The molecule has 6 nitrogen and oxygen atoms in total. The average Bonchev–Trinajstić information content (AvgIpc) is 3.24. The number of amides is 2. The lowest BCUT2D eigenvalue weighted by Crippen LogP contribution is -2.27. The molecular weight excluding hydrogens is 448 g/mol. The van der Waals surface area contributed by atoms with Gasteiger partial charge in [0, 0.05) is 17.1 Å². The number of nitrogens with zero attached hydrogens (tertiary/aromatic N) is 2. The normalized spacial score (nSPS) is 14.8. The molecule has 1 fully saturated rings. The fourth-order valence-electron chi connectivity index (χ4n) is 3.97. The Kier molecular flexibility index (Phi) is 6.75. The van der Waals surface area contributed by atoms with E-state index in [1.54, 1.807) is 25.1 Å². The standard InChI is InChI=1S/C27H26N2O4S/c1-5-33-26(31)21-7-6-8-23(14-21)29-18(3)13-22(19(29)4)15-24-25(30)28(27(32)34-24)16-20-11-9-17(2)10-12-20/h6-15H,5,16H2,1-4H3/b24-15-. The fourth-order valence-corrected chi connectivity index (χ4v) is 4.80. The van der Waals surface area contributed by atoms with Gasteiger partial charge >= 0.3 is 5.97 Å². The molecule has 1 saturated heterocycles. The Morgan fingerprint density at radius 1 is 1.03 bits per heavy atom. The second-order valence-electron chi connectivity index (χ2n) is 8.19. The highest BCUT2D eigenvalue weighted by Crippen LogP contribution is 2.34. The number of hydrogen-bond donors (Lipinski definition) is 0. The van der Waals surface area contributed by atoms with Crippen molar-refractivity contribution < 1.29 is 19.1 Å². The molecule has 174 valence electrons. The highest BCUT2D eigenvalue weighted by Gasteiger charge is 2.35. The first-order chi connectivity index (χ1) is 16.3. The van der Waals surface area contributed by atoms with Crippen LogP contribution in [0.2, 0.25) is 0 Å². The topological polar surface area (TPSA) is 68.6 Å². The third-order valence-corrected chi connectivity index (χ3v) is 6.61. The maximum atomic E-state index is 13.0. The molecule has 0 spiro atoms. The number of benzene rings is 2. The van der Waals surface area contributed by atoms with Crippen LogP contribution in [0.4, 0.5) is 4.79 Å². The zero-order valence-electron chi connectivity index (χ0n) is 19.6. The Morgan fingerprint density at radius 2 is 1.76 bits per heavy atom. The Morgan fingerprint density at radius 3 is 2.47 bits per heavy atom. The van der Waals surface area contributed by atoms with Crippen LogP contribution < -0.4 is 0 Å². The number of imide groups is 1. The third kappa shape index (κ3) is 4.70. The molecule has 1 aliphatic heterocycles. The van der Waals surface area contributed by atoms with Crippen LogP contribution in [-0.4, -0.2) is 33.2 Å². The molecule has 2 aromatic carbocycles. The van der Waals surface area contributed by atoms with Crippen molar-refractivity contribution in [3.8, 4) is 5.69 Å². The summed E-state index contributed by atoms with van der Waals surface area (Å²) in [6.07, 6.45) is 1.77.